The molecule has 1 heterocycles. The third-order valence-electron chi connectivity index (χ3n) is 5.35. The van der Waals surface area contributed by atoms with Crippen molar-refractivity contribution in [2.75, 3.05) is 18.4 Å². The number of nitro groups is 1. The molecule has 0 spiro atoms. The summed E-state index contributed by atoms with van der Waals surface area (Å²) in [5, 5.41) is 20.1. The maximum atomic E-state index is 11.6. The van der Waals surface area contributed by atoms with Gasteiger partial charge in [-0.05, 0) is 25.0 Å². The summed E-state index contributed by atoms with van der Waals surface area (Å²) in [6.45, 7) is 1.55. The number of para-hydroxylation sites is 1. The summed E-state index contributed by atoms with van der Waals surface area (Å²) >= 11 is 0. The van der Waals surface area contributed by atoms with Gasteiger partial charge in [-0.3, -0.25) is 10.1 Å². The average molecular weight is 437 g/mol. The van der Waals surface area contributed by atoms with Crippen LogP contribution in [0.3, 0.4) is 0 Å². The summed E-state index contributed by atoms with van der Waals surface area (Å²) in [7, 11) is 0. The van der Waals surface area contributed by atoms with E-state index in [2.05, 4.69) is 15.6 Å². The van der Waals surface area contributed by atoms with Crippen LogP contribution in [0.2, 0.25) is 0 Å². The van der Waals surface area contributed by atoms with Gasteiger partial charge in [0.25, 0.3) is 5.69 Å². The lowest BCUT2D eigenvalue weighted by Crippen LogP contribution is -2.34. The second-order valence-corrected chi connectivity index (χ2v) is 7.15. The van der Waals surface area contributed by atoms with Crippen LogP contribution in [0.4, 0.5) is 11.4 Å². The Balaban J connectivity index is 0.00000150. The number of benzene rings is 2. The Morgan fingerprint density at radius 3 is 2.45 bits per heavy atom. The Morgan fingerprint density at radius 2 is 1.69 bits per heavy atom. The topological polar surface area (TPSA) is 80.1 Å². The molecule has 0 unspecified atom stereocenters. The van der Waals surface area contributed by atoms with Gasteiger partial charge in [-0.1, -0.05) is 43.5 Å². The van der Waals surface area contributed by atoms with Crippen LogP contribution in [0.1, 0.15) is 32.1 Å². The van der Waals surface area contributed by atoms with Gasteiger partial charge in [0.05, 0.1) is 21.6 Å². The Morgan fingerprint density at radius 1 is 0.966 bits per heavy atom. The number of pyridine rings is 1. The molecule has 1 aromatic heterocycles. The summed E-state index contributed by atoms with van der Waals surface area (Å²) < 4.78 is 0. The maximum absolute atomic E-state index is 11.6. The van der Waals surface area contributed by atoms with Crippen molar-refractivity contribution in [3.63, 3.8) is 0 Å². The number of aromatic nitrogens is 1. The van der Waals surface area contributed by atoms with Crippen LogP contribution in [0.15, 0.2) is 42.5 Å². The van der Waals surface area contributed by atoms with E-state index in [1.165, 1.54) is 32.1 Å². The van der Waals surface area contributed by atoms with Gasteiger partial charge in [0.1, 0.15) is 5.39 Å². The van der Waals surface area contributed by atoms with Gasteiger partial charge in [-0.15, -0.1) is 24.8 Å². The monoisotopic (exact) mass is 436 g/mol. The summed E-state index contributed by atoms with van der Waals surface area (Å²) in [6.07, 6.45) is 6.43. The maximum Gasteiger partial charge on any atom is 0.280 e. The predicted molar refractivity (Wildman–Crippen MR) is 124 cm³/mol. The lowest BCUT2D eigenvalue weighted by molar-refractivity contribution is -0.383. The van der Waals surface area contributed by atoms with Crippen molar-refractivity contribution < 1.29 is 4.92 Å². The first-order valence-corrected chi connectivity index (χ1v) is 9.67. The fraction of sp³-hybridized carbons (Fsp3) is 0.381. The standard InChI is InChI=1S/C21H24N4O2.2ClH/c26-25(27)19-12-6-11-18-20(19)21(16-9-4-5-10-17(16)24-18)23-14-13-22-15-7-2-1-3-8-15;;/h4-6,9-12,15,22H,1-3,7-8,13-14H2,(H,23,24);2*1H. The Hall–Kier alpha value is -2.15. The number of fused-ring (bicyclic) bond motifs is 2. The lowest BCUT2D eigenvalue weighted by atomic mass is 9.95. The minimum Gasteiger partial charge on any atom is -0.382 e. The first-order chi connectivity index (χ1) is 13.2. The zero-order valence-electron chi connectivity index (χ0n) is 16.1. The molecule has 1 fully saturated rings. The third-order valence-corrected chi connectivity index (χ3v) is 5.35. The highest BCUT2D eigenvalue weighted by atomic mass is 35.5. The highest BCUT2D eigenvalue weighted by Gasteiger charge is 2.19. The predicted octanol–water partition coefficient (Wildman–Crippen LogP) is 5.47. The smallest absolute Gasteiger partial charge is 0.280 e. The van der Waals surface area contributed by atoms with Crippen LogP contribution in [0.5, 0.6) is 0 Å². The molecule has 0 atom stereocenters. The van der Waals surface area contributed by atoms with Gasteiger partial charge in [0.15, 0.2) is 0 Å². The molecule has 1 saturated carbocycles. The molecule has 29 heavy (non-hydrogen) atoms. The summed E-state index contributed by atoms with van der Waals surface area (Å²) in [5.41, 5.74) is 2.38. The van der Waals surface area contributed by atoms with E-state index < -0.39 is 0 Å². The fourth-order valence-electron chi connectivity index (χ4n) is 4.03. The summed E-state index contributed by atoms with van der Waals surface area (Å²) in [6, 6.07) is 13.5. The van der Waals surface area contributed by atoms with Crippen molar-refractivity contribution in [2.45, 2.75) is 38.1 Å². The van der Waals surface area contributed by atoms with Crippen LogP contribution in [0, 0.1) is 10.1 Å². The van der Waals surface area contributed by atoms with E-state index >= 15 is 0 Å². The first kappa shape index (κ1) is 23.1. The second-order valence-electron chi connectivity index (χ2n) is 7.15. The van der Waals surface area contributed by atoms with E-state index in [0.717, 1.165) is 23.1 Å². The van der Waals surface area contributed by atoms with E-state index in [4.69, 9.17) is 0 Å². The molecule has 0 radical (unpaired) electrons. The van der Waals surface area contributed by atoms with E-state index in [1.54, 1.807) is 12.1 Å². The zero-order chi connectivity index (χ0) is 18.6. The SMILES string of the molecule is Cl.Cl.O=[N+]([O-])c1cccc2nc3ccccc3c(NCCNC3CCCCC3)c12. The van der Waals surface area contributed by atoms with Gasteiger partial charge < -0.3 is 10.6 Å². The van der Waals surface area contributed by atoms with Crippen LogP contribution in [0.25, 0.3) is 21.8 Å². The number of rotatable bonds is 6. The Kier molecular flexibility index (Phi) is 8.44. The number of nitro benzene ring substituents is 1. The molecule has 8 heteroatoms. The fourth-order valence-corrected chi connectivity index (χ4v) is 4.03. The van der Waals surface area contributed by atoms with E-state index in [9.17, 15) is 10.1 Å². The Labute approximate surface area is 182 Å². The molecule has 2 aromatic carbocycles. The number of nitrogens with one attached hydrogen (secondary N) is 2. The molecule has 0 amide bonds. The highest BCUT2D eigenvalue weighted by molar-refractivity contribution is 6.11. The normalized spacial score (nSPS) is 14.2. The molecule has 2 N–H and O–H groups in total. The van der Waals surface area contributed by atoms with Crippen molar-refractivity contribution in [3.05, 3.63) is 52.6 Å². The molecule has 3 aromatic rings. The number of halogens is 2. The van der Waals surface area contributed by atoms with Crippen LogP contribution >= 0.6 is 24.8 Å². The van der Waals surface area contributed by atoms with Crippen molar-refractivity contribution in [2.24, 2.45) is 0 Å². The molecule has 0 bridgehead atoms. The van der Waals surface area contributed by atoms with Crippen LogP contribution in [-0.4, -0.2) is 29.0 Å². The van der Waals surface area contributed by atoms with Gasteiger partial charge >= 0.3 is 0 Å². The molecule has 4 rings (SSSR count). The van der Waals surface area contributed by atoms with Gasteiger partial charge in [0, 0.05) is 30.6 Å². The van der Waals surface area contributed by atoms with Crippen LogP contribution in [-0.2, 0) is 0 Å². The summed E-state index contributed by atoms with van der Waals surface area (Å²) in [4.78, 5) is 15.9. The Bertz CT molecular complexity index is 977. The molecule has 0 saturated heterocycles. The average Bonchev–Trinajstić information content (AvgIpc) is 2.70. The third kappa shape index (κ3) is 5.07. The van der Waals surface area contributed by atoms with E-state index in [1.807, 2.05) is 30.3 Å². The van der Waals surface area contributed by atoms with Crippen LogP contribution < -0.4 is 10.6 Å². The van der Waals surface area contributed by atoms with E-state index in [-0.39, 0.29) is 35.4 Å². The minimum atomic E-state index is -0.329. The number of hydrogen-bond acceptors (Lipinski definition) is 5. The zero-order valence-corrected chi connectivity index (χ0v) is 17.7. The molecular formula is C21H26Cl2N4O2. The number of hydrogen-bond donors (Lipinski definition) is 2. The first-order valence-electron chi connectivity index (χ1n) is 9.67. The molecule has 1 aliphatic carbocycles. The van der Waals surface area contributed by atoms with Crippen molar-refractivity contribution in [1.29, 1.82) is 0 Å². The molecule has 0 aliphatic heterocycles. The lowest BCUT2D eigenvalue weighted by Gasteiger charge is -2.23. The number of anilines is 1. The minimum absolute atomic E-state index is 0. The van der Waals surface area contributed by atoms with Crippen molar-refractivity contribution in [3.8, 4) is 0 Å². The van der Waals surface area contributed by atoms with Gasteiger partial charge in [0.2, 0.25) is 0 Å². The highest BCUT2D eigenvalue weighted by Crippen LogP contribution is 2.36. The van der Waals surface area contributed by atoms with Gasteiger partial charge in [-0.2, -0.15) is 0 Å². The van der Waals surface area contributed by atoms with Gasteiger partial charge in [-0.25, -0.2) is 4.98 Å². The van der Waals surface area contributed by atoms with Crippen molar-refractivity contribution in [1.82, 2.24) is 10.3 Å². The molecular weight excluding hydrogens is 411 g/mol. The second kappa shape index (κ2) is 10.6. The largest absolute Gasteiger partial charge is 0.382 e. The number of nitrogens with zero attached hydrogens (tertiary/aromatic N) is 2. The van der Waals surface area contributed by atoms with Crippen molar-refractivity contribution >= 4 is 58.0 Å². The number of non-ortho nitro benzene ring substituents is 1. The quantitative estimate of drug-likeness (QED) is 0.231. The molecule has 156 valence electrons. The van der Waals surface area contributed by atoms with E-state index in [0.29, 0.717) is 23.5 Å². The molecule has 1 aliphatic rings. The molecule has 6 nitrogen and oxygen atoms in total. The summed E-state index contributed by atoms with van der Waals surface area (Å²) in [5.74, 6) is 0.